The lowest BCUT2D eigenvalue weighted by molar-refractivity contribution is -0.137. The summed E-state index contributed by atoms with van der Waals surface area (Å²) in [4.78, 5) is 23.2. The molecule has 0 aromatic heterocycles. The predicted octanol–water partition coefficient (Wildman–Crippen LogP) is 3.42. The molecule has 2 aromatic carbocycles. The van der Waals surface area contributed by atoms with Gasteiger partial charge < -0.3 is 15.2 Å². The van der Waals surface area contributed by atoms with Gasteiger partial charge in [-0.2, -0.15) is 0 Å². The molecule has 0 aliphatic carbocycles. The Hall–Kier alpha value is -2.89. The Morgan fingerprint density at radius 2 is 1.71 bits per heavy atom. The Morgan fingerprint density at radius 3 is 2.25 bits per heavy atom. The number of aliphatic carboxylic acids is 1. The van der Waals surface area contributed by atoms with Crippen molar-refractivity contribution >= 4 is 17.6 Å². The summed E-state index contributed by atoms with van der Waals surface area (Å²) in [5.74, 6) is -1.59. The normalized spacial score (nSPS) is 11.6. The van der Waals surface area contributed by atoms with Crippen molar-refractivity contribution < 1.29 is 23.8 Å². The lowest BCUT2D eigenvalue weighted by Gasteiger charge is -2.15. The van der Waals surface area contributed by atoms with Gasteiger partial charge in [0.1, 0.15) is 11.6 Å². The van der Waals surface area contributed by atoms with Gasteiger partial charge in [-0.3, -0.25) is 9.59 Å². The predicted molar refractivity (Wildman–Crippen MR) is 87.6 cm³/mol. The summed E-state index contributed by atoms with van der Waals surface area (Å²) in [6, 6.07) is 12.3. The van der Waals surface area contributed by atoms with E-state index in [2.05, 4.69) is 5.32 Å². The summed E-state index contributed by atoms with van der Waals surface area (Å²) in [6.07, 6.45) is -0.217. The molecular formula is C18H18FNO4. The minimum Gasteiger partial charge on any atom is -0.497 e. The van der Waals surface area contributed by atoms with Gasteiger partial charge in [0, 0.05) is 18.0 Å². The molecule has 5 nitrogen and oxygen atoms in total. The van der Waals surface area contributed by atoms with Crippen LogP contribution in [0.15, 0.2) is 48.5 Å². The van der Waals surface area contributed by atoms with Crippen LogP contribution in [0.25, 0.3) is 0 Å². The molecule has 0 saturated carbocycles. The van der Waals surface area contributed by atoms with E-state index in [1.165, 1.54) is 24.3 Å². The SMILES string of the molecule is COc1ccc(NC(=O)CC(CC(=O)O)c2ccc(F)cc2)cc1. The number of halogens is 1. The van der Waals surface area contributed by atoms with Crippen LogP contribution in [0.4, 0.5) is 10.1 Å². The minimum absolute atomic E-state index is 0.00996. The largest absolute Gasteiger partial charge is 0.497 e. The summed E-state index contributed by atoms with van der Waals surface area (Å²) in [7, 11) is 1.55. The van der Waals surface area contributed by atoms with Crippen LogP contribution in [0.1, 0.15) is 24.3 Å². The van der Waals surface area contributed by atoms with E-state index in [-0.39, 0.29) is 18.7 Å². The smallest absolute Gasteiger partial charge is 0.303 e. The number of nitrogens with one attached hydrogen (secondary N) is 1. The second kappa shape index (κ2) is 8.10. The molecule has 0 heterocycles. The van der Waals surface area contributed by atoms with Crippen molar-refractivity contribution in [2.75, 3.05) is 12.4 Å². The highest BCUT2D eigenvalue weighted by molar-refractivity contribution is 5.91. The zero-order chi connectivity index (χ0) is 17.5. The molecule has 6 heteroatoms. The number of hydrogen-bond acceptors (Lipinski definition) is 3. The average Bonchev–Trinajstić information content (AvgIpc) is 2.55. The first kappa shape index (κ1) is 17.5. The van der Waals surface area contributed by atoms with Gasteiger partial charge in [-0.1, -0.05) is 12.1 Å². The Morgan fingerprint density at radius 1 is 1.08 bits per heavy atom. The van der Waals surface area contributed by atoms with Crippen LogP contribution in [0.2, 0.25) is 0 Å². The average molecular weight is 331 g/mol. The first-order valence-corrected chi connectivity index (χ1v) is 7.39. The van der Waals surface area contributed by atoms with Crippen molar-refractivity contribution in [2.24, 2.45) is 0 Å². The number of hydrogen-bond donors (Lipinski definition) is 2. The maximum atomic E-state index is 13.0. The number of ether oxygens (including phenoxy) is 1. The zero-order valence-corrected chi connectivity index (χ0v) is 13.2. The van der Waals surface area contributed by atoms with Crippen molar-refractivity contribution in [3.8, 4) is 5.75 Å². The molecule has 0 bridgehead atoms. The molecule has 0 radical (unpaired) electrons. The Balaban J connectivity index is 2.05. The maximum absolute atomic E-state index is 13.0. The van der Waals surface area contributed by atoms with Gasteiger partial charge in [-0.25, -0.2) is 4.39 Å². The number of amides is 1. The van der Waals surface area contributed by atoms with Gasteiger partial charge >= 0.3 is 5.97 Å². The van der Waals surface area contributed by atoms with Crippen LogP contribution in [-0.2, 0) is 9.59 Å². The standard InChI is InChI=1S/C18H18FNO4/c1-24-16-8-6-15(7-9-16)20-17(21)10-13(11-18(22)23)12-2-4-14(19)5-3-12/h2-9,13H,10-11H2,1H3,(H,20,21)(H,22,23). The van der Waals surface area contributed by atoms with E-state index in [0.717, 1.165) is 0 Å². The quantitative estimate of drug-likeness (QED) is 0.815. The third kappa shape index (κ3) is 5.08. The molecule has 0 spiro atoms. The van der Waals surface area contributed by atoms with E-state index >= 15 is 0 Å². The fourth-order valence-corrected chi connectivity index (χ4v) is 2.36. The Bertz CT molecular complexity index is 698. The lowest BCUT2D eigenvalue weighted by Crippen LogP contribution is -2.17. The number of carboxylic acids is 1. The van der Waals surface area contributed by atoms with Crippen LogP contribution in [0, 0.1) is 5.82 Å². The molecule has 1 unspecified atom stereocenters. The molecular weight excluding hydrogens is 313 g/mol. The van der Waals surface area contributed by atoms with Crippen molar-refractivity contribution in [3.63, 3.8) is 0 Å². The van der Waals surface area contributed by atoms with E-state index in [9.17, 15) is 14.0 Å². The van der Waals surface area contributed by atoms with E-state index in [1.807, 2.05) is 0 Å². The Labute approximate surface area is 139 Å². The summed E-state index contributed by atoms with van der Waals surface area (Å²) in [5.41, 5.74) is 1.21. The highest BCUT2D eigenvalue weighted by Crippen LogP contribution is 2.25. The van der Waals surface area contributed by atoms with Gasteiger partial charge in [-0.15, -0.1) is 0 Å². The third-order valence-electron chi connectivity index (χ3n) is 3.57. The molecule has 2 rings (SSSR count). The first-order chi connectivity index (χ1) is 11.5. The van der Waals surface area contributed by atoms with Gasteiger partial charge in [0.05, 0.1) is 13.5 Å². The Kier molecular flexibility index (Phi) is 5.89. The fourth-order valence-electron chi connectivity index (χ4n) is 2.36. The highest BCUT2D eigenvalue weighted by atomic mass is 19.1. The molecule has 24 heavy (non-hydrogen) atoms. The van der Waals surface area contributed by atoms with E-state index in [4.69, 9.17) is 9.84 Å². The molecule has 0 aliphatic heterocycles. The molecule has 0 fully saturated rings. The highest BCUT2D eigenvalue weighted by Gasteiger charge is 2.19. The van der Waals surface area contributed by atoms with Crippen LogP contribution in [-0.4, -0.2) is 24.1 Å². The van der Waals surface area contributed by atoms with Crippen molar-refractivity contribution in [2.45, 2.75) is 18.8 Å². The van der Waals surface area contributed by atoms with Crippen LogP contribution in [0.5, 0.6) is 5.75 Å². The number of carbonyl (C=O) groups is 2. The topological polar surface area (TPSA) is 75.6 Å². The number of methoxy groups -OCH3 is 1. The lowest BCUT2D eigenvalue weighted by atomic mass is 9.92. The number of benzene rings is 2. The zero-order valence-electron chi connectivity index (χ0n) is 13.2. The summed E-state index contributed by atoms with van der Waals surface area (Å²) in [5, 5.41) is 11.8. The van der Waals surface area contributed by atoms with Gasteiger partial charge in [-0.05, 0) is 42.0 Å². The molecule has 126 valence electrons. The molecule has 0 saturated heterocycles. The van der Waals surface area contributed by atoms with Crippen LogP contribution >= 0.6 is 0 Å². The fraction of sp³-hybridized carbons (Fsp3) is 0.222. The summed E-state index contributed by atoms with van der Waals surface area (Å²) < 4.78 is 18.1. The number of rotatable bonds is 7. The first-order valence-electron chi connectivity index (χ1n) is 7.39. The second-order valence-electron chi connectivity index (χ2n) is 5.33. The van der Waals surface area contributed by atoms with Gasteiger partial charge in [0.15, 0.2) is 0 Å². The number of carboxylic acid groups (broad SMARTS) is 1. The maximum Gasteiger partial charge on any atom is 0.303 e. The van der Waals surface area contributed by atoms with Crippen molar-refractivity contribution in [3.05, 3.63) is 59.9 Å². The van der Waals surface area contributed by atoms with Crippen molar-refractivity contribution in [1.29, 1.82) is 0 Å². The monoisotopic (exact) mass is 331 g/mol. The van der Waals surface area contributed by atoms with E-state index in [1.54, 1.807) is 31.4 Å². The molecule has 2 N–H and O–H groups in total. The van der Waals surface area contributed by atoms with Crippen molar-refractivity contribution in [1.82, 2.24) is 0 Å². The second-order valence-corrected chi connectivity index (χ2v) is 5.33. The number of anilines is 1. The summed E-state index contributed by atoms with van der Waals surface area (Å²) >= 11 is 0. The molecule has 1 atom stereocenters. The molecule has 1 amide bonds. The third-order valence-corrected chi connectivity index (χ3v) is 3.57. The minimum atomic E-state index is -1.01. The van der Waals surface area contributed by atoms with E-state index < -0.39 is 17.7 Å². The summed E-state index contributed by atoms with van der Waals surface area (Å²) in [6.45, 7) is 0. The van der Waals surface area contributed by atoms with E-state index in [0.29, 0.717) is 17.0 Å². The molecule has 0 aliphatic rings. The number of carbonyl (C=O) groups excluding carboxylic acids is 1. The molecule has 2 aromatic rings. The van der Waals surface area contributed by atoms with Crippen LogP contribution < -0.4 is 10.1 Å². The van der Waals surface area contributed by atoms with Gasteiger partial charge in [0.2, 0.25) is 5.91 Å². The van der Waals surface area contributed by atoms with Crippen LogP contribution in [0.3, 0.4) is 0 Å². The van der Waals surface area contributed by atoms with Gasteiger partial charge in [0.25, 0.3) is 0 Å².